The highest BCUT2D eigenvalue weighted by Crippen LogP contribution is 2.33. The molecule has 1 fully saturated rings. The number of carbonyl (C=O) groups is 3. The maximum Gasteiger partial charge on any atom is 0.325 e. The Morgan fingerprint density at radius 1 is 1.26 bits per heavy atom. The largest absolute Gasteiger partial charge is 0.325 e. The van der Waals surface area contributed by atoms with Crippen LogP contribution in [0.4, 0.5) is 10.5 Å². The van der Waals surface area contributed by atoms with E-state index in [9.17, 15) is 14.4 Å². The third-order valence-electron chi connectivity index (χ3n) is 4.26. The van der Waals surface area contributed by atoms with E-state index in [1.807, 2.05) is 6.07 Å². The Labute approximate surface area is 160 Å². The Morgan fingerprint density at radius 3 is 2.70 bits per heavy atom. The van der Waals surface area contributed by atoms with Crippen molar-refractivity contribution in [2.24, 2.45) is 0 Å². The van der Waals surface area contributed by atoms with E-state index < -0.39 is 29.9 Å². The molecule has 0 radical (unpaired) electrons. The maximum absolute atomic E-state index is 12.8. The first-order valence-electron chi connectivity index (χ1n) is 8.04. The molecule has 0 bridgehead atoms. The van der Waals surface area contributed by atoms with E-state index in [0.717, 1.165) is 4.90 Å². The quantitative estimate of drug-likeness (QED) is 0.793. The molecule has 2 N–H and O–H groups in total. The number of hydrogen-bond donors (Lipinski definition) is 2. The molecule has 0 aliphatic carbocycles. The van der Waals surface area contributed by atoms with Gasteiger partial charge in [0, 0.05) is 16.3 Å². The second kappa shape index (κ2) is 7.09. The number of halogens is 1. The van der Waals surface area contributed by atoms with Crippen LogP contribution in [-0.4, -0.2) is 29.3 Å². The molecule has 0 aromatic heterocycles. The number of carbonyl (C=O) groups excluding carboxylic acids is 3. The van der Waals surface area contributed by atoms with Gasteiger partial charge < -0.3 is 10.6 Å². The number of anilines is 1. The zero-order valence-corrected chi connectivity index (χ0v) is 15.1. The second-order valence-electron chi connectivity index (χ2n) is 6.17. The molecule has 8 heteroatoms. The fourth-order valence-electron chi connectivity index (χ4n) is 2.90. The summed E-state index contributed by atoms with van der Waals surface area (Å²) in [6.07, 6.45) is 0. The number of nitriles is 1. The molecule has 136 valence electrons. The van der Waals surface area contributed by atoms with E-state index in [-0.39, 0.29) is 0 Å². The van der Waals surface area contributed by atoms with Crippen LogP contribution in [0, 0.1) is 11.3 Å². The van der Waals surface area contributed by atoms with Crippen LogP contribution in [-0.2, 0) is 15.1 Å². The van der Waals surface area contributed by atoms with Crippen molar-refractivity contribution in [1.82, 2.24) is 10.2 Å². The molecule has 1 aliphatic rings. The summed E-state index contributed by atoms with van der Waals surface area (Å²) in [5, 5.41) is 14.4. The highest BCUT2D eigenvalue weighted by atomic mass is 35.5. The standard InChI is InChI=1S/C19H15ClN4O3/c1-19(14-7-2-3-8-15(14)20)17(26)24(18(27)23-19)11-16(25)22-13-6-4-5-12(9-13)10-21/h2-9H,11H2,1H3,(H,22,25)(H,23,27)/t19-/m1/s1. The van der Waals surface area contributed by atoms with Crippen molar-refractivity contribution in [1.29, 1.82) is 5.26 Å². The number of amides is 4. The number of hydrogen-bond acceptors (Lipinski definition) is 4. The van der Waals surface area contributed by atoms with Gasteiger partial charge in [-0.25, -0.2) is 4.79 Å². The monoisotopic (exact) mass is 382 g/mol. The molecule has 27 heavy (non-hydrogen) atoms. The molecule has 0 saturated carbocycles. The summed E-state index contributed by atoms with van der Waals surface area (Å²) < 4.78 is 0. The van der Waals surface area contributed by atoms with Crippen LogP contribution >= 0.6 is 11.6 Å². The van der Waals surface area contributed by atoms with Crippen LogP contribution in [0.25, 0.3) is 0 Å². The molecule has 3 rings (SSSR count). The predicted molar refractivity (Wildman–Crippen MR) is 98.8 cm³/mol. The van der Waals surface area contributed by atoms with Gasteiger partial charge in [-0.2, -0.15) is 5.26 Å². The molecular weight excluding hydrogens is 368 g/mol. The summed E-state index contributed by atoms with van der Waals surface area (Å²) >= 11 is 6.17. The van der Waals surface area contributed by atoms with Gasteiger partial charge in [-0.05, 0) is 31.2 Å². The summed E-state index contributed by atoms with van der Waals surface area (Å²) in [6, 6.07) is 14.3. The van der Waals surface area contributed by atoms with E-state index in [1.54, 1.807) is 49.4 Å². The normalized spacial score (nSPS) is 18.8. The maximum atomic E-state index is 12.8. The summed E-state index contributed by atoms with van der Waals surface area (Å²) in [4.78, 5) is 38.3. The van der Waals surface area contributed by atoms with Gasteiger partial charge >= 0.3 is 6.03 Å². The van der Waals surface area contributed by atoms with Crippen LogP contribution in [0.2, 0.25) is 5.02 Å². The van der Waals surface area contributed by atoms with Crippen molar-refractivity contribution in [2.45, 2.75) is 12.5 Å². The van der Waals surface area contributed by atoms with Crippen LogP contribution < -0.4 is 10.6 Å². The SMILES string of the molecule is C[C@]1(c2ccccc2Cl)NC(=O)N(CC(=O)Nc2cccc(C#N)c2)C1=O. The molecule has 1 atom stereocenters. The van der Waals surface area contributed by atoms with Gasteiger partial charge in [0.15, 0.2) is 0 Å². The Balaban J connectivity index is 1.77. The van der Waals surface area contributed by atoms with Crippen molar-refractivity contribution >= 4 is 35.1 Å². The molecule has 2 aromatic rings. The number of nitrogens with one attached hydrogen (secondary N) is 2. The highest BCUT2D eigenvalue weighted by Gasteiger charge is 2.50. The molecule has 1 heterocycles. The Kier molecular flexibility index (Phi) is 4.84. The van der Waals surface area contributed by atoms with Crippen LogP contribution in [0.15, 0.2) is 48.5 Å². The topological polar surface area (TPSA) is 102 Å². The zero-order chi connectivity index (χ0) is 19.6. The second-order valence-corrected chi connectivity index (χ2v) is 6.57. The fourth-order valence-corrected chi connectivity index (χ4v) is 3.23. The Hall–Kier alpha value is -3.37. The molecule has 0 unspecified atom stereocenters. The lowest BCUT2D eigenvalue weighted by atomic mass is 9.92. The number of benzene rings is 2. The zero-order valence-electron chi connectivity index (χ0n) is 14.3. The van der Waals surface area contributed by atoms with Gasteiger partial charge in [0.25, 0.3) is 5.91 Å². The fraction of sp³-hybridized carbons (Fsp3) is 0.158. The van der Waals surface area contributed by atoms with Crippen LogP contribution in [0.3, 0.4) is 0 Å². The minimum absolute atomic E-state index is 0.341. The Bertz CT molecular complexity index is 985. The predicted octanol–water partition coefficient (Wildman–Crippen LogP) is 2.62. The number of rotatable bonds is 4. The third kappa shape index (κ3) is 3.48. The van der Waals surface area contributed by atoms with Gasteiger partial charge in [0.05, 0.1) is 11.6 Å². The molecule has 2 aromatic carbocycles. The van der Waals surface area contributed by atoms with Gasteiger partial charge in [0.1, 0.15) is 12.1 Å². The lowest BCUT2D eigenvalue weighted by Gasteiger charge is -2.23. The van der Waals surface area contributed by atoms with Crippen molar-refractivity contribution in [3.8, 4) is 6.07 Å². The summed E-state index contributed by atoms with van der Waals surface area (Å²) in [6.45, 7) is 1.09. The van der Waals surface area contributed by atoms with Gasteiger partial charge in [-0.3, -0.25) is 14.5 Å². The van der Waals surface area contributed by atoms with E-state index in [2.05, 4.69) is 10.6 Å². The summed E-state index contributed by atoms with van der Waals surface area (Å²) in [5.74, 6) is -1.13. The minimum atomic E-state index is -1.35. The van der Waals surface area contributed by atoms with Crippen LogP contribution in [0.5, 0.6) is 0 Å². The summed E-state index contributed by atoms with van der Waals surface area (Å²) in [5.41, 5.74) is -0.111. The average molecular weight is 383 g/mol. The molecule has 1 saturated heterocycles. The first-order valence-corrected chi connectivity index (χ1v) is 8.42. The summed E-state index contributed by atoms with van der Waals surface area (Å²) in [7, 11) is 0. The van der Waals surface area contributed by atoms with Crippen molar-refractivity contribution in [3.05, 3.63) is 64.7 Å². The molecule has 1 aliphatic heterocycles. The van der Waals surface area contributed by atoms with Gasteiger partial charge in [-0.15, -0.1) is 0 Å². The van der Waals surface area contributed by atoms with E-state index in [0.29, 0.717) is 21.8 Å². The Morgan fingerprint density at radius 2 is 2.00 bits per heavy atom. The molecule has 4 amide bonds. The lowest BCUT2D eigenvalue weighted by Crippen LogP contribution is -2.42. The minimum Gasteiger partial charge on any atom is -0.324 e. The van der Waals surface area contributed by atoms with Crippen molar-refractivity contribution in [3.63, 3.8) is 0 Å². The first kappa shape index (κ1) is 18.4. The smallest absolute Gasteiger partial charge is 0.324 e. The van der Waals surface area contributed by atoms with Gasteiger partial charge in [0.2, 0.25) is 5.91 Å². The van der Waals surface area contributed by atoms with E-state index in [1.165, 1.54) is 6.07 Å². The average Bonchev–Trinajstić information content (AvgIpc) is 2.86. The van der Waals surface area contributed by atoms with Gasteiger partial charge in [-0.1, -0.05) is 35.9 Å². The molecule has 7 nitrogen and oxygen atoms in total. The number of nitrogens with zero attached hydrogens (tertiary/aromatic N) is 2. The van der Waals surface area contributed by atoms with Crippen LogP contribution in [0.1, 0.15) is 18.1 Å². The van der Waals surface area contributed by atoms with Crippen molar-refractivity contribution in [2.75, 3.05) is 11.9 Å². The first-order chi connectivity index (χ1) is 12.8. The number of urea groups is 1. The molecular formula is C19H15ClN4O3. The third-order valence-corrected chi connectivity index (χ3v) is 4.59. The number of imide groups is 1. The highest BCUT2D eigenvalue weighted by molar-refractivity contribution is 6.32. The van der Waals surface area contributed by atoms with E-state index >= 15 is 0 Å². The van der Waals surface area contributed by atoms with Crippen molar-refractivity contribution < 1.29 is 14.4 Å². The molecule has 0 spiro atoms. The van der Waals surface area contributed by atoms with E-state index in [4.69, 9.17) is 16.9 Å². The lowest BCUT2D eigenvalue weighted by molar-refractivity contribution is -0.133.